The second-order valence-corrected chi connectivity index (χ2v) is 5.75. The number of nitrogens with zero attached hydrogens (tertiary/aromatic N) is 2. The lowest BCUT2D eigenvalue weighted by molar-refractivity contribution is -0.116. The molecule has 0 fully saturated rings. The van der Waals surface area contributed by atoms with Crippen LogP contribution >= 0.6 is 11.3 Å². The lowest BCUT2D eigenvalue weighted by atomic mass is 10.2. The van der Waals surface area contributed by atoms with E-state index in [2.05, 4.69) is 10.5 Å². The minimum absolute atomic E-state index is 0.249. The van der Waals surface area contributed by atoms with Crippen LogP contribution in [0.1, 0.15) is 5.56 Å². The Kier molecular flexibility index (Phi) is 4.16. The van der Waals surface area contributed by atoms with Crippen LogP contribution in [-0.4, -0.2) is 10.5 Å². The quantitative estimate of drug-likeness (QED) is 0.587. The highest BCUT2D eigenvalue weighted by molar-refractivity contribution is 7.16. The van der Waals surface area contributed by atoms with E-state index in [0.717, 1.165) is 20.6 Å². The number of para-hydroxylation sites is 1. The van der Waals surface area contributed by atoms with Gasteiger partial charge < -0.3 is 4.57 Å². The number of rotatable bonds is 3. The number of benzene rings is 2. The molecule has 1 N–H and O–H groups in total. The molecule has 4 nitrogen and oxygen atoms in total. The molecule has 0 radical (unpaired) electrons. The molecule has 0 aliphatic rings. The summed E-state index contributed by atoms with van der Waals surface area (Å²) >= 11 is 1.54. The van der Waals surface area contributed by atoms with Crippen LogP contribution < -0.4 is 10.2 Å². The summed E-state index contributed by atoms with van der Waals surface area (Å²) in [7, 11) is 1.93. The largest absolute Gasteiger partial charge is 0.318 e. The molecule has 1 heterocycles. The minimum atomic E-state index is -0.249. The van der Waals surface area contributed by atoms with Crippen LogP contribution in [0.25, 0.3) is 16.3 Å². The number of thiazole rings is 1. The Labute approximate surface area is 132 Å². The molecule has 1 amide bonds. The molecule has 0 aliphatic carbocycles. The second-order valence-electron chi connectivity index (χ2n) is 4.74. The average Bonchev–Trinajstić information content (AvgIpc) is 2.88. The Balaban J connectivity index is 1.76. The van der Waals surface area contributed by atoms with Crippen molar-refractivity contribution < 1.29 is 4.79 Å². The monoisotopic (exact) mass is 309 g/mol. The number of carbonyl (C=O) groups excluding carboxylic acids is 1. The van der Waals surface area contributed by atoms with Crippen LogP contribution in [0.5, 0.6) is 0 Å². The van der Waals surface area contributed by atoms with E-state index in [1.54, 1.807) is 6.08 Å². The van der Waals surface area contributed by atoms with Gasteiger partial charge in [-0.3, -0.25) is 4.79 Å². The van der Waals surface area contributed by atoms with Crippen LogP contribution in [0.15, 0.2) is 65.8 Å². The van der Waals surface area contributed by atoms with E-state index in [1.165, 1.54) is 17.4 Å². The van der Waals surface area contributed by atoms with Gasteiger partial charge in [0, 0.05) is 13.1 Å². The summed E-state index contributed by atoms with van der Waals surface area (Å²) in [6.45, 7) is 0. The Morgan fingerprint density at radius 2 is 1.86 bits per heavy atom. The molecule has 1 aromatic heterocycles. The molecular formula is C17H15N3OS. The van der Waals surface area contributed by atoms with Crippen LogP contribution in [0.2, 0.25) is 0 Å². The minimum Gasteiger partial charge on any atom is -0.318 e. The molecule has 0 saturated carbocycles. The first-order valence-corrected chi connectivity index (χ1v) is 7.67. The number of carbonyl (C=O) groups is 1. The Bertz CT molecular complexity index is 891. The number of aryl methyl sites for hydroxylation is 1. The van der Waals surface area contributed by atoms with Gasteiger partial charge in [0.2, 0.25) is 4.80 Å². The number of hydrogen-bond donors (Lipinski definition) is 1. The summed E-state index contributed by atoms with van der Waals surface area (Å²) in [5.41, 5.74) is 4.63. The Hall–Kier alpha value is -2.66. The van der Waals surface area contributed by atoms with Crippen molar-refractivity contribution in [3.8, 4) is 0 Å². The zero-order chi connectivity index (χ0) is 15.4. The molecule has 0 unspecified atom stereocenters. The van der Waals surface area contributed by atoms with Crippen molar-refractivity contribution in [2.24, 2.45) is 12.1 Å². The number of amides is 1. The standard InChI is InChI=1S/C17H15N3OS/c1-20-14-9-5-6-10-15(14)22-17(20)19-18-16(21)12-11-13-7-3-2-4-8-13/h2-12H,1H3,(H,18,21). The Morgan fingerprint density at radius 1 is 1.14 bits per heavy atom. The first-order chi connectivity index (χ1) is 10.7. The highest BCUT2D eigenvalue weighted by Gasteiger charge is 2.01. The van der Waals surface area contributed by atoms with Gasteiger partial charge in [-0.05, 0) is 23.8 Å². The molecule has 0 spiro atoms. The zero-order valence-corrected chi connectivity index (χ0v) is 12.9. The number of hydrogen-bond acceptors (Lipinski definition) is 3. The third-order valence-corrected chi connectivity index (χ3v) is 4.32. The third kappa shape index (κ3) is 3.15. The summed E-state index contributed by atoms with van der Waals surface area (Å²) in [5.74, 6) is -0.249. The van der Waals surface area contributed by atoms with Gasteiger partial charge in [-0.15, -0.1) is 5.10 Å². The van der Waals surface area contributed by atoms with Gasteiger partial charge in [0.15, 0.2) is 0 Å². The molecule has 0 atom stereocenters. The van der Waals surface area contributed by atoms with E-state index in [4.69, 9.17) is 0 Å². The number of nitrogens with one attached hydrogen (secondary N) is 1. The number of fused-ring (bicyclic) bond motifs is 1. The van der Waals surface area contributed by atoms with Gasteiger partial charge in [-0.1, -0.05) is 53.8 Å². The highest BCUT2D eigenvalue weighted by atomic mass is 32.1. The van der Waals surface area contributed by atoms with E-state index >= 15 is 0 Å². The maximum Gasteiger partial charge on any atom is 0.264 e. The molecule has 2 aromatic carbocycles. The van der Waals surface area contributed by atoms with E-state index in [9.17, 15) is 4.79 Å². The van der Waals surface area contributed by atoms with Crippen molar-refractivity contribution in [3.63, 3.8) is 0 Å². The van der Waals surface area contributed by atoms with Gasteiger partial charge in [0.25, 0.3) is 5.91 Å². The van der Waals surface area contributed by atoms with Crippen LogP contribution in [0.3, 0.4) is 0 Å². The normalized spacial score (nSPS) is 12.1. The van der Waals surface area contributed by atoms with Crippen molar-refractivity contribution in [1.29, 1.82) is 0 Å². The first kappa shape index (κ1) is 14.3. The molecule has 3 aromatic rings. The van der Waals surface area contributed by atoms with E-state index < -0.39 is 0 Å². The van der Waals surface area contributed by atoms with Crippen LogP contribution in [-0.2, 0) is 11.8 Å². The summed E-state index contributed by atoms with van der Waals surface area (Å²) in [6, 6.07) is 17.7. The van der Waals surface area contributed by atoms with Gasteiger partial charge in [-0.25, -0.2) is 5.43 Å². The van der Waals surface area contributed by atoms with Gasteiger partial charge >= 0.3 is 0 Å². The van der Waals surface area contributed by atoms with Gasteiger partial charge in [0.1, 0.15) is 0 Å². The molecular weight excluding hydrogens is 294 g/mol. The lowest BCUT2D eigenvalue weighted by Crippen LogP contribution is -2.21. The van der Waals surface area contributed by atoms with Crippen LogP contribution in [0, 0.1) is 0 Å². The number of aromatic nitrogens is 1. The molecule has 0 aliphatic heterocycles. The summed E-state index contributed by atoms with van der Waals surface area (Å²) in [6.07, 6.45) is 3.24. The molecule has 110 valence electrons. The SMILES string of the molecule is Cn1c(=NNC(=O)C=Cc2ccccc2)sc2ccccc21. The Morgan fingerprint density at radius 3 is 2.64 bits per heavy atom. The molecule has 0 bridgehead atoms. The highest BCUT2D eigenvalue weighted by Crippen LogP contribution is 2.14. The van der Waals surface area contributed by atoms with E-state index in [0.29, 0.717) is 0 Å². The fourth-order valence-electron chi connectivity index (χ4n) is 2.06. The maximum atomic E-state index is 11.8. The predicted octanol–water partition coefficient (Wildman–Crippen LogP) is 2.89. The fraction of sp³-hybridized carbons (Fsp3) is 0.0588. The smallest absolute Gasteiger partial charge is 0.264 e. The maximum absolute atomic E-state index is 11.8. The lowest BCUT2D eigenvalue weighted by Gasteiger charge is -1.95. The molecule has 0 saturated heterocycles. The van der Waals surface area contributed by atoms with E-state index in [-0.39, 0.29) is 5.91 Å². The third-order valence-electron chi connectivity index (χ3n) is 3.20. The van der Waals surface area contributed by atoms with Crippen molar-refractivity contribution in [3.05, 3.63) is 71.0 Å². The van der Waals surface area contributed by atoms with Crippen LogP contribution in [0.4, 0.5) is 0 Å². The molecule has 22 heavy (non-hydrogen) atoms. The molecule has 3 rings (SSSR count). The fourth-order valence-corrected chi connectivity index (χ4v) is 3.04. The van der Waals surface area contributed by atoms with Crippen molar-refractivity contribution in [2.45, 2.75) is 0 Å². The second kappa shape index (κ2) is 6.41. The molecule has 5 heteroatoms. The summed E-state index contributed by atoms with van der Waals surface area (Å²) in [5, 5.41) is 4.19. The van der Waals surface area contributed by atoms with Crippen molar-refractivity contribution >= 4 is 33.5 Å². The zero-order valence-electron chi connectivity index (χ0n) is 12.1. The predicted molar refractivity (Wildman–Crippen MR) is 90.0 cm³/mol. The average molecular weight is 309 g/mol. The van der Waals surface area contributed by atoms with Gasteiger partial charge in [0.05, 0.1) is 10.2 Å². The van der Waals surface area contributed by atoms with Crippen molar-refractivity contribution in [1.82, 2.24) is 9.99 Å². The summed E-state index contributed by atoms with van der Waals surface area (Å²) < 4.78 is 3.10. The van der Waals surface area contributed by atoms with Gasteiger partial charge in [-0.2, -0.15) is 0 Å². The summed E-state index contributed by atoms with van der Waals surface area (Å²) in [4.78, 5) is 12.6. The van der Waals surface area contributed by atoms with Crippen molar-refractivity contribution in [2.75, 3.05) is 0 Å². The first-order valence-electron chi connectivity index (χ1n) is 6.85. The topological polar surface area (TPSA) is 46.4 Å². The van der Waals surface area contributed by atoms with E-state index in [1.807, 2.05) is 66.2 Å².